The summed E-state index contributed by atoms with van der Waals surface area (Å²) in [6.45, 7) is 2.21. The summed E-state index contributed by atoms with van der Waals surface area (Å²) >= 11 is 0. The van der Waals surface area contributed by atoms with E-state index >= 15 is 0 Å². The highest BCUT2D eigenvalue weighted by Gasteiger charge is 2.29. The van der Waals surface area contributed by atoms with Crippen LogP contribution in [0.15, 0.2) is 146 Å². The van der Waals surface area contributed by atoms with E-state index in [9.17, 15) is 43.5 Å². The van der Waals surface area contributed by atoms with Crippen LogP contribution in [0.3, 0.4) is 0 Å². The number of carbonyl (C=O) groups is 3. The van der Waals surface area contributed by atoms with E-state index in [1.54, 1.807) is 0 Å². The van der Waals surface area contributed by atoms with Crippen LogP contribution in [0, 0.1) is 0 Å². The predicted octanol–water partition coefficient (Wildman–Crippen LogP) is 17.4. The zero-order valence-electron chi connectivity index (χ0n) is 53.1. The fourth-order valence-electron chi connectivity index (χ4n) is 7.68. The highest BCUT2D eigenvalue weighted by molar-refractivity contribution is 7.47. The van der Waals surface area contributed by atoms with Gasteiger partial charge in [0.2, 0.25) is 0 Å². The van der Waals surface area contributed by atoms with Crippen molar-refractivity contribution in [2.75, 3.05) is 39.6 Å². The number of aliphatic hydroxyl groups is 2. The van der Waals surface area contributed by atoms with Gasteiger partial charge in [-0.25, -0.2) is 9.13 Å². The molecule has 0 rings (SSSR count). The number of hydrogen-bond donors (Lipinski definition) is 4. The first kappa shape index (κ1) is 82.4. The lowest BCUT2D eigenvalue weighted by Crippen LogP contribution is -2.30. The summed E-state index contributed by atoms with van der Waals surface area (Å²) in [5.74, 6) is -1.70. The Bertz CT molecular complexity index is 2170. The van der Waals surface area contributed by atoms with Crippen molar-refractivity contribution in [1.82, 2.24) is 0 Å². The number of rotatable bonds is 59. The van der Waals surface area contributed by atoms with E-state index in [4.69, 9.17) is 32.3 Å². The molecule has 0 aromatic rings. The maximum absolute atomic E-state index is 12.9. The third-order valence-electron chi connectivity index (χ3n) is 12.5. The summed E-state index contributed by atoms with van der Waals surface area (Å²) < 4.78 is 60.6. The first-order valence-corrected chi connectivity index (χ1v) is 35.1. The molecule has 18 heteroatoms. The van der Waals surface area contributed by atoms with Gasteiger partial charge in [-0.05, 0) is 122 Å². The zero-order valence-corrected chi connectivity index (χ0v) is 54.9. The molecule has 5 unspecified atom stereocenters. The minimum absolute atomic E-state index is 0.0554. The lowest BCUT2D eigenvalue weighted by molar-refractivity contribution is -0.161. The molecule has 0 radical (unpaired) electrons. The molecule has 0 amide bonds. The van der Waals surface area contributed by atoms with Gasteiger partial charge in [-0.15, -0.1) is 0 Å². The number of hydrogen-bond acceptors (Lipinski definition) is 14. The molecule has 0 aromatic heterocycles. The van der Waals surface area contributed by atoms with Crippen LogP contribution in [-0.4, -0.2) is 95.9 Å². The van der Waals surface area contributed by atoms with Crippen LogP contribution in [0.2, 0.25) is 0 Å². The fraction of sp³-hybridized carbons (Fsp3) is 0.609. The molecule has 0 aliphatic rings. The molecule has 0 saturated heterocycles. The number of esters is 3. The lowest BCUT2D eigenvalue weighted by atomic mass is 10.1. The Morgan fingerprint density at radius 3 is 1.03 bits per heavy atom. The quantitative estimate of drug-likeness (QED) is 0.0146. The first-order valence-electron chi connectivity index (χ1n) is 32.1. The Kier molecular flexibility index (Phi) is 58.4. The summed E-state index contributed by atoms with van der Waals surface area (Å²) in [7, 11) is -9.81. The van der Waals surface area contributed by atoms with Gasteiger partial charge >= 0.3 is 33.6 Å². The number of ether oxygens (including phenoxy) is 3. The van der Waals surface area contributed by atoms with Crippen LogP contribution in [-0.2, 0) is 55.8 Å². The van der Waals surface area contributed by atoms with E-state index in [0.29, 0.717) is 25.7 Å². The Labute approximate surface area is 524 Å². The minimum Gasteiger partial charge on any atom is -0.463 e. The lowest BCUT2D eigenvalue weighted by Gasteiger charge is -2.21. The molecular weight excluding hydrogens is 1150 g/mol. The molecule has 0 aliphatic carbocycles. The van der Waals surface area contributed by atoms with Gasteiger partial charge in [0.15, 0.2) is 6.10 Å². The molecule has 0 fully saturated rings. The van der Waals surface area contributed by atoms with Gasteiger partial charge in [0, 0.05) is 19.3 Å². The van der Waals surface area contributed by atoms with Gasteiger partial charge in [-0.1, -0.05) is 218 Å². The number of allylic oxidation sites excluding steroid dienone is 24. The van der Waals surface area contributed by atoms with Gasteiger partial charge in [0.1, 0.15) is 25.4 Å². The Morgan fingerprint density at radius 1 is 0.333 bits per heavy atom. The van der Waals surface area contributed by atoms with E-state index in [1.165, 1.54) is 0 Å². The molecular formula is C69H112O16P2. The molecule has 4 N–H and O–H groups in total. The first-order chi connectivity index (χ1) is 42.2. The summed E-state index contributed by atoms with van der Waals surface area (Å²) in [5.41, 5.74) is 0. The van der Waals surface area contributed by atoms with Crippen molar-refractivity contribution in [2.24, 2.45) is 0 Å². The number of unbranched alkanes of at least 4 members (excludes halogenated alkanes) is 12. The Hall–Kier alpha value is -4.57. The topological polar surface area (TPSA) is 231 Å². The number of phosphoric ester groups is 2. The van der Waals surface area contributed by atoms with Crippen molar-refractivity contribution in [3.8, 4) is 0 Å². The predicted molar refractivity (Wildman–Crippen MR) is 352 cm³/mol. The molecule has 0 saturated carbocycles. The zero-order chi connectivity index (χ0) is 63.8. The second-order valence-corrected chi connectivity index (χ2v) is 23.7. The molecule has 0 aliphatic heterocycles. The molecule has 0 spiro atoms. The fourth-order valence-corrected chi connectivity index (χ4v) is 9.27. The molecule has 494 valence electrons. The van der Waals surface area contributed by atoms with Crippen molar-refractivity contribution < 1.29 is 75.8 Å². The second kappa shape index (κ2) is 61.7. The van der Waals surface area contributed by atoms with Gasteiger partial charge in [-0.3, -0.25) is 32.5 Å². The molecule has 0 bridgehead atoms. The third-order valence-corrected chi connectivity index (χ3v) is 14.4. The van der Waals surface area contributed by atoms with Crippen LogP contribution in [0.4, 0.5) is 0 Å². The highest BCUT2D eigenvalue weighted by atomic mass is 31.2. The average Bonchev–Trinajstić information content (AvgIpc) is 3.63. The number of carbonyl (C=O) groups excluding carboxylic acids is 3. The van der Waals surface area contributed by atoms with Gasteiger partial charge in [0.25, 0.3) is 0 Å². The molecule has 0 heterocycles. The summed E-state index contributed by atoms with van der Waals surface area (Å²) in [6, 6.07) is 0. The molecule has 87 heavy (non-hydrogen) atoms. The van der Waals surface area contributed by atoms with Crippen LogP contribution >= 0.6 is 15.6 Å². The maximum atomic E-state index is 12.9. The minimum atomic E-state index is -4.94. The normalized spacial score (nSPS) is 15.3. The molecule has 16 nitrogen and oxygen atoms in total. The van der Waals surface area contributed by atoms with Crippen molar-refractivity contribution in [3.05, 3.63) is 146 Å². The highest BCUT2D eigenvalue weighted by Crippen LogP contribution is 2.45. The number of aliphatic hydroxyl groups excluding tert-OH is 2. The summed E-state index contributed by atoms with van der Waals surface area (Å²) in [4.78, 5) is 58.2. The van der Waals surface area contributed by atoms with Crippen LogP contribution < -0.4 is 0 Å². The van der Waals surface area contributed by atoms with E-state index in [1.807, 2.05) is 18.2 Å². The van der Waals surface area contributed by atoms with Crippen LogP contribution in [0.25, 0.3) is 0 Å². The van der Waals surface area contributed by atoms with Gasteiger partial charge in [0.05, 0.1) is 26.4 Å². The average molecular weight is 1260 g/mol. The molecule has 5 atom stereocenters. The van der Waals surface area contributed by atoms with Crippen LogP contribution in [0.1, 0.15) is 213 Å². The van der Waals surface area contributed by atoms with Crippen molar-refractivity contribution in [1.29, 1.82) is 0 Å². The maximum Gasteiger partial charge on any atom is 0.472 e. The van der Waals surface area contributed by atoms with Crippen molar-refractivity contribution >= 4 is 33.6 Å². The summed E-state index contributed by atoms with van der Waals surface area (Å²) in [6.07, 6.45) is 72.1. The van der Waals surface area contributed by atoms with Gasteiger partial charge < -0.3 is 34.2 Å². The number of phosphoric acid groups is 2. The van der Waals surface area contributed by atoms with Crippen molar-refractivity contribution in [3.63, 3.8) is 0 Å². The van der Waals surface area contributed by atoms with E-state index in [2.05, 4.69) is 148 Å². The van der Waals surface area contributed by atoms with Crippen molar-refractivity contribution in [2.45, 2.75) is 232 Å². The largest absolute Gasteiger partial charge is 0.472 e. The van der Waals surface area contributed by atoms with Crippen LogP contribution in [0.5, 0.6) is 0 Å². The Morgan fingerprint density at radius 2 is 0.632 bits per heavy atom. The third kappa shape index (κ3) is 62.8. The standard InChI is InChI=1S/C69H112O16P2/c1-4-7-10-13-16-19-22-25-27-29-31-33-35-38-40-43-46-49-52-55-67(72)79-58-64(70)59-81-86(75,76)82-60-65(71)61-83-87(77,78)84-63-66(85-69(74)57-54-51-48-45-42-37-24-21-18-15-12-9-6-3)62-80-68(73)56-53-50-47-44-41-39-36-34-32-30-28-26-23-20-17-14-11-8-5-2/h7-8,10-12,15-17,19-21,24-28,31-34,38,40,46,49,64-66,70-71H,4-6,9,13-14,18,22-23,29-30,35-37,39,41-45,47-48,50-63H2,1-3H3,(H,75,76)(H,77,78)/b10-7-,11-8-,15-12-,19-16-,20-17-,24-21-,27-25-,28-26-,33-31-,34-32-,40-38-,49-46-. The van der Waals surface area contributed by atoms with E-state index in [0.717, 1.165) is 148 Å². The van der Waals surface area contributed by atoms with E-state index < -0.39 is 91.5 Å². The second-order valence-electron chi connectivity index (χ2n) is 20.8. The van der Waals surface area contributed by atoms with Gasteiger partial charge in [-0.2, -0.15) is 0 Å². The SMILES string of the molecule is CC/C=C\C/C=C\C/C=C\C/C=C\C/C=C\C/C=C\CCC(=O)OCC(O)COP(=O)(O)OCC(O)COP(=O)(O)OCC(COC(=O)CCCCCCCC/C=C\C/C=C\C/C=C\C/C=C\CC)OC(=O)CCCCCCC/C=C\C/C=C\CCC. The molecule has 0 aromatic carbocycles. The summed E-state index contributed by atoms with van der Waals surface area (Å²) in [5, 5.41) is 20.5. The Balaban J connectivity index is 4.76. The monoisotopic (exact) mass is 1260 g/mol. The van der Waals surface area contributed by atoms with E-state index in [-0.39, 0.29) is 19.3 Å². The smallest absolute Gasteiger partial charge is 0.463 e.